The van der Waals surface area contributed by atoms with Gasteiger partial charge in [-0.1, -0.05) is 6.07 Å². The van der Waals surface area contributed by atoms with Gasteiger partial charge in [0.1, 0.15) is 5.82 Å². The highest BCUT2D eigenvalue weighted by Gasteiger charge is 2.12. The topological polar surface area (TPSA) is 84.9 Å². The molecule has 0 radical (unpaired) electrons. The van der Waals surface area contributed by atoms with Gasteiger partial charge in [0.2, 0.25) is 0 Å². The first-order chi connectivity index (χ1) is 10.2. The molecule has 0 saturated carbocycles. The van der Waals surface area contributed by atoms with E-state index in [2.05, 4.69) is 42.9 Å². The highest BCUT2D eigenvalue weighted by Crippen LogP contribution is 2.19. The molecule has 0 amide bonds. The fourth-order valence-corrected chi connectivity index (χ4v) is 3.00. The predicted molar refractivity (Wildman–Crippen MR) is 83.6 cm³/mol. The fourth-order valence-electron chi connectivity index (χ4n) is 2.21. The van der Waals surface area contributed by atoms with Crippen LogP contribution in [0.4, 0.5) is 5.82 Å². The van der Waals surface area contributed by atoms with Crippen molar-refractivity contribution >= 4 is 28.2 Å². The summed E-state index contributed by atoms with van der Waals surface area (Å²) in [5.41, 5.74) is 3.40. The van der Waals surface area contributed by atoms with Gasteiger partial charge >= 0.3 is 0 Å². The molecule has 0 saturated heterocycles. The van der Waals surface area contributed by atoms with Crippen molar-refractivity contribution in [3.63, 3.8) is 0 Å². The lowest BCUT2D eigenvalue weighted by Crippen LogP contribution is -2.19. The molecule has 0 aliphatic carbocycles. The highest BCUT2D eigenvalue weighted by molar-refractivity contribution is 7.09. The largest absolute Gasteiger partial charge is 0.308 e. The summed E-state index contributed by atoms with van der Waals surface area (Å²) >= 11 is 1.75. The third-order valence-electron chi connectivity index (χ3n) is 3.19. The molecule has 3 N–H and O–H groups in total. The van der Waals surface area contributed by atoms with Crippen LogP contribution in [0.25, 0.3) is 11.0 Å². The first-order valence-corrected chi connectivity index (χ1v) is 7.41. The zero-order valence-electron chi connectivity index (χ0n) is 11.9. The van der Waals surface area contributed by atoms with Crippen LogP contribution < -0.4 is 11.3 Å². The molecule has 0 aliphatic rings. The Bertz CT molecular complexity index is 734. The summed E-state index contributed by atoms with van der Waals surface area (Å²) in [6.45, 7) is 1.52. The molecular weight excluding hydrogens is 286 g/mol. The Balaban J connectivity index is 1.84. The van der Waals surface area contributed by atoms with Crippen LogP contribution in [0.5, 0.6) is 0 Å². The Morgan fingerprint density at radius 2 is 2.24 bits per heavy atom. The Morgan fingerprint density at radius 1 is 1.38 bits per heavy atom. The van der Waals surface area contributed by atoms with Crippen LogP contribution in [-0.4, -0.2) is 31.7 Å². The molecule has 110 valence electrons. The second-order valence-electron chi connectivity index (χ2n) is 4.89. The quantitative estimate of drug-likeness (QED) is 0.546. The number of aryl methyl sites for hydroxylation is 1. The van der Waals surface area contributed by atoms with Crippen LogP contribution >= 0.6 is 11.3 Å². The number of rotatable bonds is 5. The summed E-state index contributed by atoms with van der Waals surface area (Å²) in [4.78, 5) is 12.5. The standard InChI is InChI=1S/C13H17N7S/c1-19(7-9-4-3-5-21-9)8-11-16-12(18-14)10-6-15-20(2)13(10)17-11/h3-6H,7-8,14H2,1-2H3,(H,16,17,18). The summed E-state index contributed by atoms with van der Waals surface area (Å²) in [5.74, 6) is 6.87. The van der Waals surface area contributed by atoms with Crippen molar-refractivity contribution in [2.24, 2.45) is 12.9 Å². The third kappa shape index (κ3) is 2.87. The minimum atomic E-state index is 0.604. The number of nitrogens with zero attached hydrogens (tertiary/aromatic N) is 5. The molecular formula is C13H17N7S. The van der Waals surface area contributed by atoms with Crippen LogP contribution in [0, 0.1) is 0 Å². The SMILES string of the molecule is CN(Cc1nc(NN)c2cnn(C)c2n1)Cc1cccs1. The Labute approximate surface area is 126 Å². The van der Waals surface area contributed by atoms with Crippen molar-refractivity contribution in [1.82, 2.24) is 24.6 Å². The summed E-state index contributed by atoms with van der Waals surface area (Å²) in [6.07, 6.45) is 1.71. The number of nitrogen functional groups attached to an aromatic ring is 1. The Hall–Kier alpha value is -2.03. The van der Waals surface area contributed by atoms with Gasteiger partial charge in [0.25, 0.3) is 0 Å². The molecule has 0 bridgehead atoms. The second-order valence-corrected chi connectivity index (χ2v) is 5.92. The van der Waals surface area contributed by atoms with E-state index in [1.807, 2.05) is 14.1 Å². The van der Waals surface area contributed by atoms with Gasteiger partial charge in [0, 0.05) is 18.5 Å². The van der Waals surface area contributed by atoms with E-state index in [-0.39, 0.29) is 0 Å². The first-order valence-electron chi connectivity index (χ1n) is 6.53. The van der Waals surface area contributed by atoms with Crippen molar-refractivity contribution < 1.29 is 0 Å². The number of hydrazine groups is 1. The summed E-state index contributed by atoms with van der Waals surface area (Å²) in [7, 11) is 3.90. The first kappa shape index (κ1) is 13.9. The Kier molecular flexibility index (Phi) is 3.82. The summed E-state index contributed by atoms with van der Waals surface area (Å²) in [5, 5.41) is 7.10. The lowest BCUT2D eigenvalue weighted by molar-refractivity contribution is 0.314. The fraction of sp³-hybridized carbons (Fsp3) is 0.308. The van der Waals surface area contributed by atoms with Crippen LogP contribution in [0.3, 0.4) is 0 Å². The van der Waals surface area contributed by atoms with E-state index in [1.165, 1.54) is 4.88 Å². The van der Waals surface area contributed by atoms with Crippen LogP contribution in [0.1, 0.15) is 10.7 Å². The average Bonchev–Trinajstić information content (AvgIpc) is 3.09. The summed E-state index contributed by atoms with van der Waals surface area (Å²) < 4.78 is 1.72. The molecule has 3 heterocycles. The van der Waals surface area contributed by atoms with Crippen molar-refractivity contribution in [3.05, 3.63) is 34.4 Å². The number of hydrogen-bond donors (Lipinski definition) is 2. The van der Waals surface area contributed by atoms with Gasteiger partial charge < -0.3 is 5.43 Å². The van der Waals surface area contributed by atoms with E-state index in [1.54, 1.807) is 22.2 Å². The van der Waals surface area contributed by atoms with E-state index < -0.39 is 0 Å². The maximum atomic E-state index is 5.55. The number of aromatic nitrogens is 4. The predicted octanol–water partition coefficient (Wildman–Crippen LogP) is 1.34. The molecule has 0 atom stereocenters. The number of hydrogen-bond acceptors (Lipinski definition) is 7. The minimum absolute atomic E-state index is 0.604. The summed E-state index contributed by atoms with van der Waals surface area (Å²) in [6, 6.07) is 4.18. The van der Waals surface area contributed by atoms with E-state index in [0.29, 0.717) is 12.4 Å². The molecule has 3 aromatic rings. The van der Waals surface area contributed by atoms with Gasteiger partial charge in [0.15, 0.2) is 11.5 Å². The third-order valence-corrected chi connectivity index (χ3v) is 4.05. The van der Waals surface area contributed by atoms with Gasteiger partial charge in [0.05, 0.1) is 18.1 Å². The van der Waals surface area contributed by atoms with Gasteiger partial charge in [-0.15, -0.1) is 11.3 Å². The van der Waals surface area contributed by atoms with Crippen molar-refractivity contribution in [1.29, 1.82) is 0 Å². The van der Waals surface area contributed by atoms with Gasteiger partial charge in [-0.2, -0.15) is 5.10 Å². The maximum Gasteiger partial charge on any atom is 0.163 e. The van der Waals surface area contributed by atoms with Crippen molar-refractivity contribution in [3.8, 4) is 0 Å². The van der Waals surface area contributed by atoms with Crippen LogP contribution in [0.2, 0.25) is 0 Å². The number of fused-ring (bicyclic) bond motifs is 1. The highest BCUT2D eigenvalue weighted by atomic mass is 32.1. The molecule has 0 aromatic carbocycles. The van der Waals surface area contributed by atoms with Gasteiger partial charge in [-0.3, -0.25) is 9.58 Å². The maximum absolute atomic E-state index is 5.55. The van der Waals surface area contributed by atoms with Crippen molar-refractivity contribution in [2.45, 2.75) is 13.1 Å². The molecule has 0 fully saturated rings. The Morgan fingerprint density at radius 3 is 2.95 bits per heavy atom. The van der Waals surface area contributed by atoms with E-state index in [0.717, 1.165) is 23.4 Å². The van der Waals surface area contributed by atoms with E-state index in [4.69, 9.17) is 5.84 Å². The molecule has 3 rings (SSSR count). The zero-order valence-corrected chi connectivity index (χ0v) is 12.8. The molecule has 7 nitrogen and oxygen atoms in total. The minimum Gasteiger partial charge on any atom is -0.308 e. The molecule has 0 unspecified atom stereocenters. The molecule has 0 aliphatic heterocycles. The van der Waals surface area contributed by atoms with Gasteiger partial charge in [-0.05, 0) is 18.5 Å². The smallest absolute Gasteiger partial charge is 0.163 e. The lowest BCUT2D eigenvalue weighted by atomic mass is 10.3. The van der Waals surface area contributed by atoms with Gasteiger partial charge in [-0.25, -0.2) is 15.8 Å². The zero-order chi connectivity index (χ0) is 14.8. The average molecular weight is 303 g/mol. The molecule has 8 heteroatoms. The molecule has 3 aromatic heterocycles. The molecule has 0 spiro atoms. The van der Waals surface area contributed by atoms with Crippen LogP contribution in [-0.2, 0) is 20.1 Å². The normalized spacial score (nSPS) is 11.4. The number of anilines is 1. The molecule has 21 heavy (non-hydrogen) atoms. The number of thiophene rings is 1. The number of nitrogens with one attached hydrogen (secondary N) is 1. The van der Waals surface area contributed by atoms with Crippen LogP contribution in [0.15, 0.2) is 23.7 Å². The van der Waals surface area contributed by atoms with E-state index >= 15 is 0 Å². The second kappa shape index (κ2) is 5.76. The van der Waals surface area contributed by atoms with E-state index in [9.17, 15) is 0 Å². The monoisotopic (exact) mass is 303 g/mol. The lowest BCUT2D eigenvalue weighted by Gasteiger charge is -2.15. The van der Waals surface area contributed by atoms with Crippen molar-refractivity contribution in [2.75, 3.05) is 12.5 Å². The number of nitrogens with two attached hydrogens (primary N) is 1.